The topological polar surface area (TPSA) is 136 Å². The van der Waals surface area contributed by atoms with Crippen molar-refractivity contribution in [2.24, 2.45) is 11.7 Å². The molecule has 5 unspecified atom stereocenters. The van der Waals surface area contributed by atoms with Crippen LogP contribution in [0.3, 0.4) is 0 Å². The van der Waals surface area contributed by atoms with Crippen molar-refractivity contribution in [1.29, 1.82) is 0 Å². The van der Waals surface area contributed by atoms with Gasteiger partial charge in [0.25, 0.3) is 0 Å². The summed E-state index contributed by atoms with van der Waals surface area (Å²) in [6.07, 6.45) is -3.08. The normalized spacial score (nSPS) is 38.8. The van der Waals surface area contributed by atoms with Crippen LogP contribution in [0, 0.1) is 5.92 Å². The first-order valence-electron chi connectivity index (χ1n) is 5.69. The minimum atomic E-state index is -2.02. The van der Waals surface area contributed by atoms with Gasteiger partial charge >= 0.3 is 0 Å². The number of aliphatic hydroxyl groups is 5. The van der Waals surface area contributed by atoms with Gasteiger partial charge in [-0.3, -0.25) is 0 Å². The summed E-state index contributed by atoms with van der Waals surface area (Å²) in [5, 5.41) is 47.3. The number of nitrogens with two attached hydrogens (primary N) is 1. The third-order valence-corrected chi connectivity index (χ3v) is 3.27. The Morgan fingerprint density at radius 1 is 1.29 bits per heavy atom. The van der Waals surface area contributed by atoms with Crippen LogP contribution in [-0.2, 0) is 4.74 Å². The monoisotopic (exact) mass is 251 g/mol. The lowest BCUT2D eigenvalue weighted by molar-refractivity contribution is -0.347. The van der Waals surface area contributed by atoms with Gasteiger partial charge in [0.2, 0.25) is 0 Å². The summed E-state index contributed by atoms with van der Waals surface area (Å²) in [4.78, 5) is 0. The van der Waals surface area contributed by atoms with E-state index in [0.717, 1.165) is 6.42 Å². The van der Waals surface area contributed by atoms with Crippen LogP contribution in [0.5, 0.6) is 0 Å². The molecule has 0 heterocycles. The molecule has 7 nitrogen and oxygen atoms in total. The molecule has 0 radical (unpaired) electrons. The third-order valence-electron chi connectivity index (χ3n) is 3.27. The summed E-state index contributed by atoms with van der Waals surface area (Å²) in [5.74, 6) is -1.01. The largest absolute Gasteiger partial charge is 0.396 e. The smallest absolute Gasteiger partial charge is 0.186 e. The highest BCUT2D eigenvalue weighted by atomic mass is 16.6. The average Bonchev–Trinajstić information content (AvgIpc) is 2.34. The second-order valence-electron chi connectivity index (χ2n) is 4.33. The van der Waals surface area contributed by atoms with E-state index in [4.69, 9.17) is 15.6 Å². The number of rotatable bonds is 7. The number of hydrogen-bond acceptors (Lipinski definition) is 7. The molecule has 1 aliphatic carbocycles. The van der Waals surface area contributed by atoms with Crippen LogP contribution in [0.15, 0.2) is 0 Å². The van der Waals surface area contributed by atoms with Gasteiger partial charge in [0, 0.05) is 12.5 Å². The van der Waals surface area contributed by atoms with Crippen molar-refractivity contribution in [2.75, 3.05) is 19.8 Å². The van der Waals surface area contributed by atoms with Gasteiger partial charge in [-0.05, 0) is 19.4 Å². The van der Waals surface area contributed by atoms with Crippen LogP contribution in [-0.4, -0.2) is 69.4 Å². The minimum Gasteiger partial charge on any atom is -0.396 e. The Balaban J connectivity index is 2.46. The summed E-state index contributed by atoms with van der Waals surface area (Å²) in [6.45, 7) is 0.143. The van der Waals surface area contributed by atoms with Crippen LogP contribution in [0.2, 0.25) is 0 Å². The fourth-order valence-corrected chi connectivity index (χ4v) is 2.03. The van der Waals surface area contributed by atoms with E-state index in [1.165, 1.54) is 0 Å². The van der Waals surface area contributed by atoms with E-state index in [-0.39, 0.29) is 6.61 Å². The first kappa shape index (κ1) is 14.8. The molecule has 102 valence electrons. The number of ether oxygens (including phenoxy) is 1. The summed E-state index contributed by atoms with van der Waals surface area (Å²) in [6, 6.07) is 0. The van der Waals surface area contributed by atoms with Gasteiger partial charge in [0.05, 0.1) is 12.7 Å². The molecule has 0 aromatic heterocycles. The molecule has 7 heteroatoms. The Bertz CT molecular complexity index is 241. The molecular formula is C10H21NO6. The molecule has 1 rings (SSSR count). The van der Waals surface area contributed by atoms with E-state index in [9.17, 15) is 20.4 Å². The standard InChI is InChI=1S/C10H21NO6/c11-3-1-2-4-17-9(15)10(16)6(5-12)7(13)8(10)14/h6-9,12-16H,1-5,11H2. The Morgan fingerprint density at radius 3 is 2.47 bits per heavy atom. The van der Waals surface area contributed by atoms with Crippen molar-refractivity contribution in [2.45, 2.75) is 36.9 Å². The van der Waals surface area contributed by atoms with Crippen LogP contribution in [0.4, 0.5) is 0 Å². The van der Waals surface area contributed by atoms with Crippen LogP contribution >= 0.6 is 0 Å². The van der Waals surface area contributed by atoms with E-state index in [1.807, 2.05) is 0 Å². The summed E-state index contributed by atoms with van der Waals surface area (Å²) in [7, 11) is 0. The molecule has 7 N–H and O–H groups in total. The van der Waals surface area contributed by atoms with E-state index >= 15 is 0 Å². The van der Waals surface area contributed by atoms with Gasteiger partial charge in [-0.2, -0.15) is 0 Å². The van der Waals surface area contributed by atoms with E-state index in [2.05, 4.69) is 0 Å². The van der Waals surface area contributed by atoms with Crippen molar-refractivity contribution >= 4 is 0 Å². The highest BCUT2D eigenvalue weighted by Gasteiger charge is 2.64. The minimum absolute atomic E-state index is 0.182. The lowest BCUT2D eigenvalue weighted by Gasteiger charge is -2.54. The molecule has 0 bridgehead atoms. The first-order chi connectivity index (χ1) is 8.00. The molecule has 0 amide bonds. The van der Waals surface area contributed by atoms with Crippen molar-refractivity contribution in [3.05, 3.63) is 0 Å². The lowest BCUT2D eigenvalue weighted by atomic mass is 9.64. The molecule has 0 aliphatic heterocycles. The Kier molecular flexibility index (Phi) is 5.26. The predicted molar refractivity (Wildman–Crippen MR) is 57.8 cm³/mol. The molecule has 0 aromatic rings. The molecule has 1 saturated carbocycles. The zero-order valence-corrected chi connectivity index (χ0v) is 9.57. The predicted octanol–water partition coefficient (Wildman–Crippen LogP) is -2.86. The molecule has 1 fully saturated rings. The van der Waals surface area contributed by atoms with Gasteiger partial charge in [-0.25, -0.2) is 0 Å². The third kappa shape index (κ3) is 2.60. The Hall–Kier alpha value is -0.280. The average molecular weight is 251 g/mol. The van der Waals surface area contributed by atoms with Gasteiger partial charge in [-0.1, -0.05) is 0 Å². The second kappa shape index (κ2) is 6.05. The van der Waals surface area contributed by atoms with E-state index in [0.29, 0.717) is 13.0 Å². The van der Waals surface area contributed by atoms with E-state index < -0.39 is 36.6 Å². The van der Waals surface area contributed by atoms with E-state index in [1.54, 1.807) is 0 Å². The highest BCUT2D eigenvalue weighted by Crippen LogP contribution is 2.41. The van der Waals surface area contributed by atoms with Crippen LogP contribution in [0.25, 0.3) is 0 Å². The van der Waals surface area contributed by atoms with Crippen LogP contribution in [0.1, 0.15) is 12.8 Å². The zero-order chi connectivity index (χ0) is 13.1. The summed E-state index contributed by atoms with van der Waals surface area (Å²) in [5.41, 5.74) is 3.26. The quantitative estimate of drug-likeness (QED) is 0.211. The zero-order valence-electron chi connectivity index (χ0n) is 9.57. The summed E-state index contributed by atoms with van der Waals surface area (Å²) < 4.78 is 4.97. The Morgan fingerprint density at radius 2 is 1.94 bits per heavy atom. The molecule has 0 aromatic carbocycles. The van der Waals surface area contributed by atoms with Gasteiger partial charge in [0.1, 0.15) is 6.10 Å². The summed E-state index contributed by atoms with van der Waals surface area (Å²) >= 11 is 0. The number of unbranched alkanes of at least 4 members (excludes halogenated alkanes) is 1. The second-order valence-corrected chi connectivity index (χ2v) is 4.33. The van der Waals surface area contributed by atoms with Gasteiger partial charge < -0.3 is 36.0 Å². The molecule has 0 saturated heterocycles. The first-order valence-corrected chi connectivity index (χ1v) is 5.69. The van der Waals surface area contributed by atoms with Crippen molar-refractivity contribution in [3.8, 4) is 0 Å². The molecule has 0 spiro atoms. The van der Waals surface area contributed by atoms with Crippen molar-refractivity contribution in [1.82, 2.24) is 0 Å². The molecule has 5 atom stereocenters. The maximum absolute atomic E-state index is 9.96. The number of aliphatic hydroxyl groups excluding tert-OH is 4. The molecular weight excluding hydrogens is 230 g/mol. The maximum atomic E-state index is 9.96. The Labute approximate surface area is 99.4 Å². The SMILES string of the molecule is NCCCCOC(O)C1(O)C(O)C(O)C1CO. The molecule has 17 heavy (non-hydrogen) atoms. The highest BCUT2D eigenvalue weighted by molar-refractivity contribution is 5.12. The fraction of sp³-hybridized carbons (Fsp3) is 1.00. The van der Waals surface area contributed by atoms with Gasteiger partial charge in [0.15, 0.2) is 11.9 Å². The maximum Gasteiger partial charge on any atom is 0.186 e. The van der Waals surface area contributed by atoms with Crippen molar-refractivity contribution in [3.63, 3.8) is 0 Å². The van der Waals surface area contributed by atoms with Crippen LogP contribution < -0.4 is 5.73 Å². The van der Waals surface area contributed by atoms with Gasteiger partial charge in [-0.15, -0.1) is 0 Å². The lowest BCUT2D eigenvalue weighted by Crippen LogP contribution is -2.76. The number of hydrogen-bond donors (Lipinski definition) is 6. The fourth-order valence-electron chi connectivity index (χ4n) is 2.03. The van der Waals surface area contributed by atoms with Crippen molar-refractivity contribution < 1.29 is 30.3 Å². The molecule has 1 aliphatic rings.